The zero-order chi connectivity index (χ0) is 15.2. The van der Waals surface area contributed by atoms with Crippen LogP contribution in [0.2, 0.25) is 0 Å². The molecule has 6 nitrogen and oxygen atoms in total. The predicted octanol–water partition coefficient (Wildman–Crippen LogP) is 1.37. The molecule has 0 N–H and O–H groups in total. The zero-order valence-electron chi connectivity index (χ0n) is 11.3. The minimum atomic E-state index is -0.668. The van der Waals surface area contributed by atoms with Gasteiger partial charge >= 0.3 is 5.97 Å². The minimum absolute atomic E-state index is 0.204. The number of rotatable bonds is 5. The second kappa shape index (κ2) is 6.51. The summed E-state index contributed by atoms with van der Waals surface area (Å²) in [7, 11) is 1.46. The molecule has 1 heterocycles. The number of methoxy groups -OCH3 is 1. The van der Waals surface area contributed by atoms with Crippen molar-refractivity contribution in [3.8, 4) is 5.75 Å². The summed E-state index contributed by atoms with van der Waals surface area (Å²) in [5.41, 5.74) is 0.549. The van der Waals surface area contributed by atoms with Crippen LogP contribution in [0.5, 0.6) is 5.75 Å². The molecule has 2 rings (SSSR count). The molecule has 0 amide bonds. The molecule has 21 heavy (non-hydrogen) atoms. The molecule has 0 atom stereocenters. The maximum Gasteiger partial charge on any atom is 0.339 e. The number of pyridine rings is 1. The smallest absolute Gasteiger partial charge is 0.339 e. The number of para-hydroxylation sites is 1. The van der Waals surface area contributed by atoms with E-state index in [2.05, 4.69) is 0 Å². The Labute approximate surface area is 121 Å². The summed E-state index contributed by atoms with van der Waals surface area (Å²) in [4.78, 5) is 23.7. The van der Waals surface area contributed by atoms with E-state index in [9.17, 15) is 14.8 Å². The molecule has 1 aromatic carbocycles. The average molecular weight is 287 g/mol. The molecule has 0 aliphatic rings. The number of hydrogen-bond acceptors (Lipinski definition) is 5. The summed E-state index contributed by atoms with van der Waals surface area (Å²) >= 11 is 0. The van der Waals surface area contributed by atoms with Crippen molar-refractivity contribution in [2.45, 2.75) is 0 Å². The third-order valence-electron chi connectivity index (χ3n) is 2.78. The monoisotopic (exact) mass is 287 g/mol. The van der Waals surface area contributed by atoms with Crippen LogP contribution in [0.1, 0.15) is 20.7 Å². The first-order chi connectivity index (χ1) is 10.1. The summed E-state index contributed by atoms with van der Waals surface area (Å²) in [6.45, 7) is -0.397. The molecule has 0 aliphatic carbocycles. The number of hydrogen-bond donors (Lipinski definition) is 0. The molecule has 1 aromatic heterocycles. The summed E-state index contributed by atoms with van der Waals surface area (Å²) in [6, 6.07) is 9.33. The number of ketones is 1. The molecule has 108 valence electrons. The van der Waals surface area contributed by atoms with E-state index in [1.165, 1.54) is 31.6 Å². The molecule has 0 fully saturated rings. The van der Waals surface area contributed by atoms with Gasteiger partial charge in [-0.05, 0) is 12.1 Å². The van der Waals surface area contributed by atoms with Gasteiger partial charge in [-0.2, -0.15) is 4.73 Å². The van der Waals surface area contributed by atoms with E-state index in [-0.39, 0.29) is 11.3 Å². The van der Waals surface area contributed by atoms with Crippen LogP contribution in [0.3, 0.4) is 0 Å². The molecule has 0 aliphatic heterocycles. The largest absolute Gasteiger partial charge is 0.619 e. The lowest BCUT2D eigenvalue weighted by atomic mass is 10.1. The van der Waals surface area contributed by atoms with E-state index in [0.29, 0.717) is 16.0 Å². The third kappa shape index (κ3) is 3.56. The molecular formula is C15H13NO5. The Morgan fingerprint density at radius 3 is 2.48 bits per heavy atom. The average Bonchev–Trinajstić information content (AvgIpc) is 2.52. The quantitative estimate of drug-likeness (QED) is 0.359. The first kappa shape index (κ1) is 14.5. The minimum Gasteiger partial charge on any atom is -0.619 e. The van der Waals surface area contributed by atoms with Gasteiger partial charge in [0.05, 0.1) is 18.2 Å². The number of aromatic nitrogens is 1. The second-order valence-corrected chi connectivity index (χ2v) is 4.15. The van der Waals surface area contributed by atoms with Crippen LogP contribution in [-0.2, 0) is 4.74 Å². The van der Waals surface area contributed by atoms with Gasteiger partial charge in [-0.15, -0.1) is 0 Å². The summed E-state index contributed by atoms with van der Waals surface area (Å²) in [5, 5.41) is 10.9. The van der Waals surface area contributed by atoms with Crippen LogP contribution in [0.25, 0.3) is 0 Å². The lowest BCUT2D eigenvalue weighted by Gasteiger charge is -2.08. The SMILES string of the molecule is COc1ccccc1C(=O)COC(=O)c1cc[n+]([O-])cc1. The highest BCUT2D eigenvalue weighted by Gasteiger charge is 2.15. The Hall–Kier alpha value is -2.89. The molecular weight excluding hydrogens is 274 g/mol. The zero-order valence-corrected chi connectivity index (χ0v) is 11.3. The Kier molecular flexibility index (Phi) is 4.50. The molecule has 2 aromatic rings. The summed E-state index contributed by atoms with van der Waals surface area (Å²) in [5.74, 6) is -0.611. The highest BCUT2D eigenvalue weighted by molar-refractivity contribution is 6.01. The lowest BCUT2D eigenvalue weighted by Crippen LogP contribution is -2.24. The van der Waals surface area contributed by atoms with E-state index >= 15 is 0 Å². The van der Waals surface area contributed by atoms with Gasteiger partial charge in [0.2, 0.25) is 5.78 Å². The highest BCUT2D eigenvalue weighted by Crippen LogP contribution is 2.17. The Balaban J connectivity index is 2.01. The Morgan fingerprint density at radius 1 is 1.14 bits per heavy atom. The number of carbonyl (C=O) groups is 2. The molecule has 0 bridgehead atoms. The predicted molar refractivity (Wildman–Crippen MR) is 73.0 cm³/mol. The Bertz CT molecular complexity index is 651. The Morgan fingerprint density at radius 2 is 1.81 bits per heavy atom. The van der Waals surface area contributed by atoms with Crippen LogP contribution < -0.4 is 9.47 Å². The number of ether oxygens (including phenoxy) is 2. The van der Waals surface area contributed by atoms with E-state index in [0.717, 1.165) is 0 Å². The van der Waals surface area contributed by atoms with E-state index < -0.39 is 12.6 Å². The summed E-state index contributed by atoms with van der Waals surface area (Å²) < 4.78 is 10.6. The van der Waals surface area contributed by atoms with Crippen LogP contribution in [0, 0.1) is 5.21 Å². The second-order valence-electron chi connectivity index (χ2n) is 4.15. The maximum absolute atomic E-state index is 12.0. The number of esters is 1. The van der Waals surface area contributed by atoms with Crippen molar-refractivity contribution >= 4 is 11.8 Å². The molecule has 0 saturated heterocycles. The highest BCUT2D eigenvalue weighted by atomic mass is 16.5. The van der Waals surface area contributed by atoms with Crippen molar-refractivity contribution in [2.24, 2.45) is 0 Å². The van der Waals surface area contributed by atoms with E-state index in [4.69, 9.17) is 9.47 Å². The molecule has 6 heteroatoms. The van der Waals surface area contributed by atoms with Crippen molar-refractivity contribution in [1.82, 2.24) is 0 Å². The molecule has 0 unspecified atom stereocenters. The normalized spacial score (nSPS) is 9.95. The van der Waals surface area contributed by atoms with Gasteiger partial charge in [0.25, 0.3) is 0 Å². The van der Waals surface area contributed by atoms with Crippen molar-refractivity contribution in [3.63, 3.8) is 0 Å². The summed E-state index contributed by atoms with van der Waals surface area (Å²) in [6.07, 6.45) is 2.36. The van der Waals surface area contributed by atoms with Gasteiger partial charge in [-0.1, -0.05) is 12.1 Å². The fraction of sp³-hybridized carbons (Fsp3) is 0.133. The molecule has 0 radical (unpaired) electrons. The molecule has 0 spiro atoms. The van der Waals surface area contributed by atoms with Crippen molar-refractivity contribution in [1.29, 1.82) is 0 Å². The van der Waals surface area contributed by atoms with Crippen LogP contribution >= 0.6 is 0 Å². The van der Waals surface area contributed by atoms with Gasteiger partial charge in [0.1, 0.15) is 5.75 Å². The van der Waals surface area contributed by atoms with Gasteiger partial charge in [-0.3, -0.25) is 4.79 Å². The number of Topliss-reactive ketones (excluding diaryl/α,β-unsaturated/α-hetero) is 1. The first-order valence-corrected chi connectivity index (χ1v) is 6.14. The third-order valence-corrected chi connectivity index (χ3v) is 2.78. The number of nitrogens with zero attached hydrogens (tertiary/aromatic N) is 1. The van der Waals surface area contributed by atoms with E-state index in [1.54, 1.807) is 24.3 Å². The first-order valence-electron chi connectivity index (χ1n) is 6.14. The van der Waals surface area contributed by atoms with Gasteiger partial charge < -0.3 is 14.7 Å². The van der Waals surface area contributed by atoms with E-state index in [1.807, 2.05) is 0 Å². The standard InChI is InChI=1S/C15H13NO5/c1-20-14-5-3-2-4-12(14)13(17)10-21-15(18)11-6-8-16(19)9-7-11/h2-9H,10H2,1H3. The van der Waals surface area contributed by atoms with Gasteiger partial charge in [-0.25, -0.2) is 4.79 Å². The topological polar surface area (TPSA) is 79.5 Å². The van der Waals surface area contributed by atoms with Crippen LogP contribution in [-0.4, -0.2) is 25.5 Å². The fourth-order valence-electron chi connectivity index (χ4n) is 1.72. The van der Waals surface area contributed by atoms with Crippen molar-refractivity contribution in [3.05, 3.63) is 65.1 Å². The van der Waals surface area contributed by atoms with Gasteiger partial charge in [0.15, 0.2) is 19.0 Å². The fourth-order valence-corrected chi connectivity index (χ4v) is 1.72. The lowest BCUT2D eigenvalue weighted by molar-refractivity contribution is -0.605. The van der Waals surface area contributed by atoms with Gasteiger partial charge in [0, 0.05) is 12.1 Å². The number of carbonyl (C=O) groups excluding carboxylic acids is 2. The maximum atomic E-state index is 12.0. The van der Waals surface area contributed by atoms with Crippen molar-refractivity contribution in [2.75, 3.05) is 13.7 Å². The van der Waals surface area contributed by atoms with Crippen LogP contribution in [0.4, 0.5) is 0 Å². The van der Waals surface area contributed by atoms with Crippen molar-refractivity contribution < 1.29 is 23.8 Å². The molecule has 0 saturated carbocycles. The number of benzene rings is 1. The van der Waals surface area contributed by atoms with Crippen LogP contribution in [0.15, 0.2) is 48.8 Å².